The Labute approximate surface area is 180 Å². The number of para-hydroxylation sites is 1. The molecule has 0 spiro atoms. The van der Waals surface area contributed by atoms with Gasteiger partial charge in [-0.2, -0.15) is 0 Å². The van der Waals surface area contributed by atoms with E-state index in [0.717, 1.165) is 31.5 Å². The fraction of sp³-hybridized carbons (Fsp3) is 0.333. The quantitative estimate of drug-likeness (QED) is 0.574. The highest BCUT2D eigenvalue weighted by molar-refractivity contribution is 5.81. The molecule has 2 heterocycles. The molecule has 0 radical (unpaired) electrons. The zero-order chi connectivity index (χ0) is 21.8. The van der Waals surface area contributed by atoms with Crippen molar-refractivity contribution in [1.82, 2.24) is 14.5 Å². The van der Waals surface area contributed by atoms with Gasteiger partial charge in [0.2, 0.25) is 0 Å². The van der Waals surface area contributed by atoms with Gasteiger partial charge in [-0.05, 0) is 44.0 Å². The lowest BCUT2D eigenvalue weighted by Gasteiger charge is -2.15. The van der Waals surface area contributed by atoms with Gasteiger partial charge in [0.15, 0.2) is 6.61 Å². The Bertz CT molecular complexity index is 1160. The first-order valence-electron chi connectivity index (χ1n) is 10.5. The Balaban J connectivity index is 1.54. The SMILES string of the molecule is Cc1ccc(-n2c(CCC(=O)OCC(=O)N3CCCC3)nc3ccccc3c2=O)cc1. The Morgan fingerprint density at radius 1 is 1.03 bits per heavy atom. The number of aryl methyl sites for hydroxylation is 2. The van der Waals surface area contributed by atoms with Crippen molar-refractivity contribution in [3.05, 3.63) is 70.3 Å². The van der Waals surface area contributed by atoms with E-state index in [-0.39, 0.29) is 30.9 Å². The van der Waals surface area contributed by atoms with Crippen molar-refractivity contribution < 1.29 is 14.3 Å². The topological polar surface area (TPSA) is 81.5 Å². The van der Waals surface area contributed by atoms with E-state index < -0.39 is 5.97 Å². The second-order valence-corrected chi connectivity index (χ2v) is 7.77. The number of hydrogen-bond acceptors (Lipinski definition) is 5. The molecule has 3 aromatic rings. The van der Waals surface area contributed by atoms with E-state index in [2.05, 4.69) is 4.98 Å². The average Bonchev–Trinajstić information content (AvgIpc) is 3.32. The number of likely N-dealkylation sites (tertiary alicyclic amines) is 1. The minimum atomic E-state index is -0.481. The summed E-state index contributed by atoms with van der Waals surface area (Å²) in [5.74, 6) is -0.160. The molecule has 1 aromatic heterocycles. The highest BCUT2D eigenvalue weighted by Gasteiger charge is 2.20. The third-order valence-electron chi connectivity index (χ3n) is 5.51. The van der Waals surface area contributed by atoms with E-state index in [1.807, 2.05) is 37.3 Å². The van der Waals surface area contributed by atoms with Crippen molar-refractivity contribution in [2.45, 2.75) is 32.6 Å². The maximum Gasteiger partial charge on any atom is 0.306 e. The molecule has 7 nitrogen and oxygen atoms in total. The number of esters is 1. The summed E-state index contributed by atoms with van der Waals surface area (Å²) in [4.78, 5) is 43.9. The highest BCUT2D eigenvalue weighted by Crippen LogP contribution is 2.15. The predicted molar refractivity (Wildman–Crippen MR) is 117 cm³/mol. The van der Waals surface area contributed by atoms with Crippen LogP contribution in [0.2, 0.25) is 0 Å². The van der Waals surface area contributed by atoms with Crippen LogP contribution >= 0.6 is 0 Å². The smallest absolute Gasteiger partial charge is 0.306 e. The number of nitrogens with zero attached hydrogens (tertiary/aromatic N) is 3. The van der Waals surface area contributed by atoms with Gasteiger partial charge in [0.25, 0.3) is 11.5 Å². The maximum absolute atomic E-state index is 13.2. The fourth-order valence-corrected chi connectivity index (χ4v) is 3.79. The van der Waals surface area contributed by atoms with E-state index in [0.29, 0.717) is 22.4 Å². The van der Waals surface area contributed by atoms with Crippen LogP contribution in [0.15, 0.2) is 53.3 Å². The predicted octanol–water partition coefficient (Wildman–Crippen LogP) is 2.79. The molecule has 0 unspecified atom stereocenters. The van der Waals surface area contributed by atoms with Crippen molar-refractivity contribution in [3.8, 4) is 5.69 Å². The molecule has 1 amide bonds. The normalized spacial score (nSPS) is 13.5. The van der Waals surface area contributed by atoms with Crippen molar-refractivity contribution in [1.29, 1.82) is 0 Å². The minimum Gasteiger partial charge on any atom is -0.456 e. The maximum atomic E-state index is 13.2. The molecule has 1 aliphatic rings. The fourth-order valence-electron chi connectivity index (χ4n) is 3.79. The lowest BCUT2D eigenvalue weighted by atomic mass is 10.2. The summed E-state index contributed by atoms with van der Waals surface area (Å²) in [6, 6.07) is 14.8. The van der Waals surface area contributed by atoms with Crippen molar-refractivity contribution in [3.63, 3.8) is 0 Å². The van der Waals surface area contributed by atoms with Crippen LogP contribution in [0.4, 0.5) is 0 Å². The molecule has 4 rings (SSSR count). The minimum absolute atomic E-state index is 0.0317. The number of hydrogen-bond donors (Lipinski definition) is 0. The van der Waals surface area contributed by atoms with Gasteiger partial charge in [0, 0.05) is 19.5 Å². The first kappa shape index (κ1) is 20.8. The molecular weight excluding hydrogens is 394 g/mol. The summed E-state index contributed by atoms with van der Waals surface area (Å²) in [6.07, 6.45) is 2.24. The first-order chi connectivity index (χ1) is 15.0. The largest absolute Gasteiger partial charge is 0.456 e. The standard InChI is InChI=1S/C24H25N3O4/c1-17-8-10-18(11-9-17)27-21(25-20-7-3-2-6-19(20)24(27)30)12-13-23(29)31-16-22(28)26-14-4-5-15-26/h2-3,6-11H,4-5,12-16H2,1H3. The Kier molecular flexibility index (Phi) is 6.11. The van der Waals surface area contributed by atoms with Gasteiger partial charge in [-0.15, -0.1) is 0 Å². The second kappa shape index (κ2) is 9.12. The molecule has 0 saturated carbocycles. The molecule has 0 aliphatic carbocycles. The van der Waals surface area contributed by atoms with Crippen LogP contribution in [0.5, 0.6) is 0 Å². The highest BCUT2D eigenvalue weighted by atomic mass is 16.5. The van der Waals surface area contributed by atoms with Gasteiger partial charge in [0.1, 0.15) is 5.82 Å². The number of carbonyl (C=O) groups excluding carboxylic acids is 2. The molecule has 1 fully saturated rings. The molecule has 0 N–H and O–H groups in total. The van der Waals surface area contributed by atoms with Gasteiger partial charge in [-0.1, -0.05) is 29.8 Å². The van der Waals surface area contributed by atoms with Crippen LogP contribution < -0.4 is 5.56 Å². The zero-order valence-electron chi connectivity index (χ0n) is 17.5. The molecule has 1 aliphatic heterocycles. The Hall–Kier alpha value is -3.48. The van der Waals surface area contributed by atoms with E-state index in [4.69, 9.17) is 4.74 Å². The first-order valence-corrected chi connectivity index (χ1v) is 10.5. The van der Waals surface area contributed by atoms with E-state index in [1.165, 1.54) is 0 Å². The number of rotatable bonds is 6. The van der Waals surface area contributed by atoms with Gasteiger partial charge >= 0.3 is 5.97 Å². The Morgan fingerprint density at radius 3 is 2.48 bits per heavy atom. The van der Waals surface area contributed by atoms with Crippen LogP contribution in [0.3, 0.4) is 0 Å². The summed E-state index contributed by atoms with van der Waals surface area (Å²) in [5.41, 5.74) is 2.19. The zero-order valence-corrected chi connectivity index (χ0v) is 17.5. The van der Waals surface area contributed by atoms with E-state index >= 15 is 0 Å². The number of ether oxygens (including phenoxy) is 1. The molecule has 7 heteroatoms. The molecule has 1 saturated heterocycles. The van der Waals surface area contributed by atoms with Crippen LogP contribution in [-0.2, 0) is 20.7 Å². The van der Waals surface area contributed by atoms with Crippen LogP contribution in [0.25, 0.3) is 16.6 Å². The lowest BCUT2D eigenvalue weighted by Crippen LogP contribution is -2.32. The third kappa shape index (κ3) is 4.66. The van der Waals surface area contributed by atoms with Crippen LogP contribution in [0.1, 0.15) is 30.7 Å². The van der Waals surface area contributed by atoms with Gasteiger partial charge in [-0.3, -0.25) is 19.0 Å². The third-order valence-corrected chi connectivity index (χ3v) is 5.51. The summed E-state index contributed by atoms with van der Waals surface area (Å²) in [7, 11) is 0. The molecule has 0 bridgehead atoms. The molecule has 31 heavy (non-hydrogen) atoms. The molecule has 0 atom stereocenters. The van der Waals surface area contributed by atoms with Gasteiger partial charge in [0.05, 0.1) is 23.0 Å². The number of carbonyl (C=O) groups is 2. The Morgan fingerprint density at radius 2 is 1.74 bits per heavy atom. The van der Waals surface area contributed by atoms with Crippen LogP contribution in [-0.4, -0.2) is 46.0 Å². The number of amides is 1. The monoisotopic (exact) mass is 419 g/mol. The van der Waals surface area contributed by atoms with Crippen molar-refractivity contribution in [2.24, 2.45) is 0 Å². The van der Waals surface area contributed by atoms with Crippen molar-refractivity contribution in [2.75, 3.05) is 19.7 Å². The molecular formula is C24H25N3O4. The average molecular weight is 419 g/mol. The van der Waals surface area contributed by atoms with Crippen LogP contribution in [0, 0.1) is 6.92 Å². The molecule has 160 valence electrons. The van der Waals surface area contributed by atoms with Gasteiger partial charge in [-0.25, -0.2) is 4.98 Å². The lowest BCUT2D eigenvalue weighted by molar-refractivity contribution is -0.151. The number of aromatic nitrogens is 2. The summed E-state index contributed by atoms with van der Waals surface area (Å²) in [6.45, 7) is 3.18. The van der Waals surface area contributed by atoms with Crippen molar-refractivity contribution >= 4 is 22.8 Å². The summed E-state index contributed by atoms with van der Waals surface area (Å²) >= 11 is 0. The summed E-state index contributed by atoms with van der Waals surface area (Å²) in [5, 5.41) is 0.519. The summed E-state index contributed by atoms with van der Waals surface area (Å²) < 4.78 is 6.72. The van der Waals surface area contributed by atoms with E-state index in [1.54, 1.807) is 27.7 Å². The number of fused-ring (bicyclic) bond motifs is 1. The second-order valence-electron chi connectivity index (χ2n) is 7.77. The van der Waals surface area contributed by atoms with E-state index in [9.17, 15) is 14.4 Å². The molecule has 2 aromatic carbocycles. The number of benzene rings is 2. The van der Waals surface area contributed by atoms with Gasteiger partial charge < -0.3 is 9.64 Å².